The molecule has 7 rings (SSSR count). The van der Waals surface area contributed by atoms with Crippen molar-refractivity contribution in [2.75, 3.05) is 111 Å². The average molecular weight is 935 g/mol. The highest BCUT2D eigenvalue weighted by molar-refractivity contribution is 6.14. The molecular formula is C48H59BN8O11. The topological polar surface area (TPSA) is 214 Å². The fraction of sp³-hybridized carbons (Fsp3) is 0.438. The average Bonchev–Trinajstić information content (AvgIpc) is 4.05. The summed E-state index contributed by atoms with van der Waals surface area (Å²) in [7, 11) is 4.15. The Bertz CT molecular complexity index is 2520. The summed E-state index contributed by atoms with van der Waals surface area (Å²) < 4.78 is 28.0. The summed E-state index contributed by atoms with van der Waals surface area (Å²) in [5, 5.41) is 9.60. The molecule has 1 saturated heterocycles. The van der Waals surface area contributed by atoms with Gasteiger partial charge in [-0.25, -0.2) is 10.2 Å². The first-order valence-corrected chi connectivity index (χ1v) is 23.1. The van der Waals surface area contributed by atoms with E-state index in [1.807, 2.05) is 61.6 Å². The lowest BCUT2D eigenvalue weighted by Crippen LogP contribution is -2.48. The number of benzene rings is 3. The fourth-order valence-corrected chi connectivity index (χ4v) is 8.20. The molecule has 3 aliphatic heterocycles. The Balaban J connectivity index is 0.796. The van der Waals surface area contributed by atoms with Crippen molar-refractivity contribution in [3.05, 3.63) is 83.6 Å². The zero-order valence-corrected chi connectivity index (χ0v) is 38.9. The highest BCUT2D eigenvalue weighted by Gasteiger charge is 2.36. The van der Waals surface area contributed by atoms with E-state index in [1.165, 1.54) is 12.2 Å². The summed E-state index contributed by atoms with van der Waals surface area (Å²) in [6.45, 7) is 7.90. The van der Waals surface area contributed by atoms with Crippen molar-refractivity contribution < 1.29 is 52.5 Å². The van der Waals surface area contributed by atoms with Crippen LogP contribution in [0.4, 0.5) is 10.5 Å². The van der Waals surface area contributed by atoms with Gasteiger partial charge in [0.2, 0.25) is 11.8 Å². The minimum atomic E-state index is -0.413. The van der Waals surface area contributed by atoms with Crippen LogP contribution in [0.3, 0.4) is 0 Å². The molecule has 19 nitrogen and oxygen atoms in total. The number of carbonyl (C=O) groups is 6. The summed E-state index contributed by atoms with van der Waals surface area (Å²) in [5.41, 5.74) is 6.98. The number of nitrogens with zero attached hydrogens (tertiary/aromatic N) is 5. The second kappa shape index (κ2) is 24.0. The maximum absolute atomic E-state index is 14.3. The van der Waals surface area contributed by atoms with E-state index < -0.39 is 17.9 Å². The van der Waals surface area contributed by atoms with Gasteiger partial charge in [-0.05, 0) is 54.6 Å². The molecule has 360 valence electrons. The summed E-state index contributed by atoms with van der Waals surface area (Å²) >= 11 is 0. The normalized spacial score (nSPS) is 16.3. The van der Waals surface area contributed by atoms with Crippen LogP contribution in [0.25, 0.3) is 21.7 Å². The zero-order valence-electron chi connectivity index (χ0n) is 38.9. The van der Waals surface area contributed by atoms with E-state index in [4.69, 9.17) is 23.7 Å². The Kier molecular flexibility index (Phi) is 17.5. The Labute approximate surface area is 395 Å². The molecule has 68 heavy (non-hydrogen) atoms. The third-order valence-electron chi connectivity index (χ3n) is 12.1. The van der Waals surface area contributed by atoms with E-state index >= 15 is 0 Å². The van der Waals surface area contributed by atoms with Gasteiger partial charge >= 0.3 is 6.09 Å². The maximum Gasteiger partial charge on any atom is 0.415 e. The van der Waals surface area contributed by atoms with Gasteiger partial charge in [0.25, 0.3) is 17.7 Å². The molecule has 0 bridgehead atoms. The maximum atomic E-state index is 14.3. The van der Waals surface area contributed by atoms with Crippen LogP contribution in [0.5, 0.6) is 5.75 Å². The molecule has 6 amide bonds. The fourth-order valence-electron chi connectivity index (χ4n) is 8.20. The molecule has 4 heterocycles. The van der Waals surface area contributed by atoms with Gasteiger partial charge in [-0.2, -0.15) is 5.10 Å². The number of aromatic nitrogens is 1. The number of H-pyrrole nitrogens is 1. The van der Waals surface area contributed by atoms with Gasteiger partial charge in [0, 0.05) is 86.7 Å². The molecule has 4 aromatic rings. The van der Waals surface area contributed by atoms with Crippen molar-refractivity contribution in [3.8, 4) is 5.75 Å². The van der Waals surface area contributed by atoms with Crippen LogP contribution in [-0.4, -0.2) is 175 Å². The number of rotatable bonds is 23. The Morgan fingerprint density at radius 2 is 1.46 bits per heavy atom. The van der Waals surface area contributed by atoms with Crippen molar-refractivity contribution in [1.29, 1.82) is 0 Å². The van der Waals surface area contributed by atoms with E-state index in [0.29, 0.717) is 89.6 Å². The van der Waals surface area contributed by atoms with Gasteiger partial charge in [-0.1, -0.05) is 36.7 Å². The number of piperazine rings is 1. The number of hydrogen-bond donors (Lipinski definition) is 3. The summed E-state index contributed by atoms with van der Waals surface area (Å²) in [4.78, 5) is 85.2. The molecule has 0 spiro atoms. The number of ether oxygens (including phenoxy) is 5. The van der Waals surface area contributed by atoms with Gasteiger partial charge in [-0.15, -0.1) is 0 Å². The number of imide groups is 1. The number of amides is 6. The first-order chi connectivity index (χ1) is 33.0. The monoisotopic (exact) mass is 934 g/mol. The lowest BCUT2D eigenvalue weighted by atomic mass is 9.85. The van der Waals surface area contributed by atoms with Gasteiger partial charge in [0.1, 0.15) is 19.3 Å². The molecule has 0 radical (unpaired) electrons. The van der Waals surface area contributed by atoms with E-state index in [-0.39, 0.29) is 49.6 Å². The van der Waals surface area contributed by atoms with Gasteiger partial charge in [-0.3, -0.25) is 28.9 Å². The highest BCUT2D eigenvalue weighted by atomic mass is 16.6. The molecule has 1 fully saturated rings. The predicted octanol–water partition coefficient (Wildman–Crippen LogP) is 2.59. The van der Waals surface area contributed by atoms with E-state index in [2.05, 4.69) is 33.6 Å². The molecule has 3 N–H and O–H groups in total. The van der Waals surface area contributed by atoms with E-state index in [1.54, 1.807) is 16.7 Å². The van der Waals surface area contributed by atoms with Crippen molar-refractivity contribution in [2.45, 2.75) is 32.0 Å². The molecular weight excluding hydrogens is 875 g/mol. The molecule has 3 aromatic carbocycles. The Morgan fingerprint density at radius 3 is 2.15 bits per heavy atom. The summed E-state index contributed by atoms with van der Waals surface area (Å²) in [5.74, 6) is -1.05. The van der Waals surface area contributed by atoms with E-state index in [9.17, 15) is 28.8 Å². The van der Waals surface area contributed by atoms with Crippen LogP contribution in [-0.2, 0) is 38.1 Å². The minimum Gasteiger partial charge on any atom is -0.409 e. The summed E-state index contributed by atoms with van der Waals surface area (Å²) in [6.07, 6.45) is 2.94. The third kappa shape index (κ3) is 12.7. The number of hydrogen-bond acceptors (Lipinski definition) is 13. The van der Waals surface area contributed by atoms with Crippen molar-refractivity contribution in [3.63, 3.8) is 0 Å². The van der Waals surface area contributed by atoms with Crippen molar-refractivity contribution in [2.24, 2.45) is 5.10 Å². The van der Waals surface area contributed by atoms with Gasteiger partial charge in [0.15, 0.2) is 0 Å². The van der Waals surface area contributed by atoms with Crippen LogP contribution in [0.2, 0.25) is 6.32 Å². The molecule has 0 saturated carbocycles. The minimum absolute atomic E-state index is 0.0274. The number of nitrogens with one attached hydrogen (secondary N) is 3. The van der Waals surface area contributed by atoms with E-state index in [0.717, 1.165) is 62.8 Å². The number of likely N-dealkylation sites (N-methyl/N-ethyl adjacent to an activating group) is 1. The number of fused-ring (bicyclic) bond motifs is 4. The number of anilines is 1. The van der Waals surface area contributed by atoms with Crippen LogP contribution in [0.15, 0.2) is 71.9 Å². The van der Waals surface area contributed by atoms with Crippen LogP contribution in [0, 0.1) is 0 Å². The van der Waals surface area contributed by atoms with Crippen LogP contribution < -0.4 is 20.4 Å². The molecule has 0 aliphatic carbocycles. The lowest BCUT2D eigenvalue weighted by Gasteiger charge is -2.31. The quantitative estimate of drug-likeness (QED) is 0.0322. The number of aromatic amines is 1. The molecule has 3 aliphatic rings. The van der Waals surface area contributed by atoms with Crippen LogP contribution in [0.1, 0.15) is 47.3 Å². The number of hydrazone groups is 1. The summed E-state index contributed by atoms with van der Waals surface area (Å²) in [6, 6.07) is 17.3. The highest BCUT2D eigenvalue weighted by Crippen LogP contribution is 2.46. The SMILES string of the molecule is BC[C@@H]1CN(C(=O)c2cc3cc(/C(C)=N/NC(=O)CCOCCOCCOCCOCCNC(=O)CCN4C(=O)C=CC4=O)ccc3[nH]2)c2cc(OC(=O)N3CCN(C)CC3)c3ccccc3c21. The molecule has 1 atom stereocenters. The second-order valence-corrected chi connectivity index (χ2v) is 16.7. The first kappa shape index (κ1) is 49.5. The van der Waals surface area contributed by atoms with Crippen molar-refractivity contribution in [1.82, 2.24) is 30.4 Å². The smallest absolute Gasteiger partial charge is 0.409 e. The third-order valence-corrected chi connectivity index (χ3v) is 12.1. The Hall–Kier alpha value is -6.45. The zero-order chi connectivity index (χ0) is 48.0. The first-order valence-electron chi connectivity index (χ1n) is 23.1. The van der Waals surface area contributed by atoms with Gasteiger partial charge in [0.05, 0.1) is 70.7 Å². The molecule has 0 unspecified atom stereocenters. The second-order valence-electron chi connectivity index (χ2n) is 16.7. The lowest BCUT2D eigenvalue weighted by molar-refractivity contribution is -0.137. The van der Waals surface area contributed by atoms with Crippen LogP contribution >= 0.6 is 0 Å². The molecule has 20 heteroatoms. The standard InChI is InChI=1S/C48H59BN8O11/c1-32(52-53-43(59)12-19-64-21-23-66-25-26-67-24-22-65-20-13-50-42(58)11-14-56-44(60)9-10-45(56)61)33-7-8-38-34(27-33)28-39(51-38)47(62)57-31-35(30-49)46-37-6-4-3-5-36(37)41(29-40(46)57)68-48(63)55-17-15-54(2)16-18-55/h3-10,27-29,35,51H,11-26,30-31,49H2,1-2H3,(H,50,58)(H,53,59)/b52-32+/t35-/m1/s1. The van der Waals surface area contributed by atoms with Crippen molar-refractivity contribution >= 4 is 76.5 Å². The van der Waals surface area contributed by atoms with Gasteiger partial charge < -0.3 is 48.7 Å². The predicted molar refractivity (Wildman–Crippen MR) is 257 cm³/mol. The molecule has 1 aromatic heterocycles. The number of carbonyl (C=O) groups excluding carboxylic acids is 6. The Morgan fingerprint density at radius 1 is 0.794 bits per heavy atom. The largest absolute Gasteiger partial charge is 0.415 e.